The van der Waals surface area contributed by atoms with Crippen LogP contribution < -0.4 is 11.1 Å². The van der Waals surface area contributed by atoms with Crippen LogP contribution >= 0.6 is 0 Å². The highest BCUT2D eigenvalue weighted by molar-refractivity contribution is 6.25. The zero-order chi connectivity index (χ0) is 28.2. The lowest BCUT2D eigenvalue weighted by Crippen LogP contribution is -2.24. The maximum Gasteiger partial charge on any atom is 0.244 e. The van der Waals surface area contributed by atoms with Gasteiger partial charge in [0.1, 0.15) is 0 Å². The molecule has 0 spiro atoms. The van der Waals surface area contributed by atoms with E-state index in [1.165, 1.54) is 16.8 Å². The maximum absolute atomic E-state index is 12.5. The minimum absolute atomic E-state index is 0.174. The van der Waals surface area contributed by atoms with Gasteiger partial charge in [-0.25, -0.2) is 0 Å². The summed E-state index contributed by atoms with van der Waals surface area (Å²) in [6.07, 6.45) is 5.18. The second-order valence-electron chi connectivity index (χ2n) is 9.88. The number of aromatic nitrogens is 1. The fourth-order valence-corrected chi connectivity index (χ4v) is 5.30. The Kier molecular flexibility index (Phi) is 7.16. The molecule has 200 valence electrons. The number of nitrogen functional groups attached to an aromatic ring is 1. The number of aliphatic imine (C=N–C) groups is 1. The Bertz CT molecular complexity index is 1960. The van der Waals surface area contributed by atoms with Gasteiger partial charge in [-0.2, -0.15) is 0 Å². The number of rotatable bonds is 8. The Morgan fingerprint density at radius 1 is 0.854 bits per heavy atom. The minimum atomic E-state index is -0.174. The number of amides is 1. The Labute approximate surface area is 238 Å². The SMILES string of the molecule is C=Cc1c(C(=NCCNC(=O)/C=C/c2ccc(N)cc2)c2cc3ccccc3c3ccccc23)[nH]c2ccccc12. The normalized spacial score (nSPS) is 12.0. The molecule has 1 amide bonds. The van der Waals surface area contributed by atoms with Crippen LogP contribution in [-0.4, -0.2) is 29.7 Å². The average Bonchev–Trinajstić information content (AvgIpc) is 3.39. The van der Waals surface area contributed by atoms with Crippen LogP contribution in [0.2, 0.25) is 0 Å². The molecule has 1 aromatic heterocycles. The highest BCUT2D eigenvalue weighted by Gasteiger charge is 2.19. The molecule has 41 heavy (non-hydrogen) atoms. The molecule has 0 saturated carbocycles. The van der Waals surface area contributed by atoms with Crippen LogP contribution in [0, 0.1) is 0 Å². The summed E-state index contributed by atoms with van der Waals surface area (Å²) in [5, 5.41) is 8.69. The van der Waals surface area contributed by atoms with E-state index in [9.17, 15) is 4.79 Å². The number of para-hydroxylation sites is 1. The molecule has 0 unspecified atom stereocenters. The topological polar surface area (TPSA) is 83.3 Å². The number of fused-ring (bicyclic) bond motifs is 4. The molecule has 0 saturated heterocycles. The standard InChI is InChI=1S/C36H30N4O/c1-2-27-31-13-7-8-14-33(31)40-36(27)35(39-22-21-38-34(41)20-17-24-15-18-26(37)19-16-24)32-23-25-9-3-4-10-28(25)29-11-5-6-12-30(29)32/h2-20,23,40H,1,21-22,37H2,(H,38,41)/b20-17+,39-35?. The van der Waals surface area contributed by atoms with Crippen molar-refractivity contribution in [3.05, 3.63) is 138 Å². The number of benzene rings is 5. The summed E-state index contributed by atoms with van der Waals surface area (Å²) in [4.78, 5) is 21.2. The van der Waals surface area contributed by atoms with Gasteiger partial charge in [-0.05, 0) is 57.4 Å². The third-order valence-electron chi connectivity index (χ3n) is 7.25. The minimum Gasteiger partial charge on any atom is -0.399 e. The van der Waals surface area contributed by atoms with Crippen LogP contribution in [0.25, 0.3) is 44.6 Å². The lowest BCUT2D eigenvalue weighted by molar-refractivity contribution is -0.116. The number of aromatic amines is 1. The predicted octanol–water partition coefficient (Wildman–Crippen LogP) is 7.37. The smallest absolute Gasteiger partial charge is 0.244 e. The van der Waals surface area contributed by atoms with Gasteiger partial charge in [-0.1, -0.05) is 91.5 Å². The molecule has 5 aromatic carbocycles. The molecule has 0 aliphatic heterocycles. The number of nitrogens with two attached hydrogens (primary N) is 1. The zero-order valence-corrected chi connectivity index (χ0v) is 22.6. The number of hydrogen-bond donors (Lipinski definition) is 3. The van der Waals surface area contributed by atoms with Crippen molar-refractivity contribution in [1.29, 1.82) is 0 Å². The number of anilines is 1. The second-order valence-corrected chi connectivity index (χ2v) is 9.88. The van der Waals surface area contributed by atoms with Crippen LogP contribution in [0.15, 0.2) is 121 Å². The van der Waals surface area contributed by atoms with Gasteiger partial charge in [-0.15, -0.1) is 0 Å². The van der Waals surface area contributed by atoms with Crippen LogP contribution in [0.1, 0.15) is 22.4 Å². The highest BCUT2D eigenvalue weighted by atomic mass is 16.1. The van der Waals surface area contributed by atoms with Crippen molar-refractivity contribution in [1.82, 2.24) is 10.3 Å². The van der Waals surface area contributed by atoms with Crippen molar-refractivity contribution in [3.8, 4) is 0 Å². The Hall–Kier alpha value is -5.42. The number of carbonyl (C=O) groups excluding carboxylic acids is 1. The molecule has 6 rings (SSSR count). The van der Waals surface area contributed by atoms with Crippen molar-refractivity contribution in [3.63, 3.8) is 0 Å². The summed E-state index contributed by atoms with van der Waals surface area (Å²) >= 11 is 0. The highest BCUT2D eigenvalue weighted by Crippen LogP contribution is 2.32. The summed E-state index contributed by atoms with van der Waals surface area (Å²) in [7, 11) is 0. The fourth-order valence-electron chi connectivity index (χ4n) is 5.30. The molecular formula is C36H30N4O. The molecule has 0 aliphatic carbocycles. The van der Waals surface area contributed by atoms with Gasteiger partial charge in [0.2, 0.25) is 5.91 Å². The summed E-state index contributed by atoms with van der Waals surface area (Å²) in [6.45, 7) is 4.92. The first-order chi connectivity index (χ1) is 20.1. The van der Waals surface area contributed by atoms with Gasteiger partial charge in [0.05, 0.1) is 18.0 Å². The molecule has 6 aromatic rings. The first kappa shape index (κ1) is 25.8. The number of carbonyl (C=O) groups is 1. The molecule has 0 aliphatic rings. The van der Waals surface area contributed by atoms with Crippen molar-refractivity contribution in [2.24, 2.45) is 4.99 Å². The lowest BCUT2D eigenvalue weighted by atomic mass is 9.92. The summed E-state index contributed by atoms with van der Waals surface area (Å²) in [5.41, 5.74) is 12.2. The lowest BCUT2D eigenvalue weighted by Gasteiger charge is -2.14. The maximum atomic E-state index is 12.5. The number of nitrogens with zero attached hydrogens (tertiary/aromatic N) is 1. The first-order valence-electron chi connectivity index (χ1n) is 13.6. The van der Waals surface area contributed by atoms with E-state index in [1.54, 1.807) is 6.08 Å². The molecule has 4 N–H and O–H groups in total. The molecule has 0 radical (unpaired) electrons. The van der Waals surface area contributed by atoms with E-state index in [1.807, 2.05) is 42.5 Å². The number of H-pyrrole nitrogens is 1. The van der Waals surface area contributed by atoms with Crippen LogP contribution in [0.3, 0.4) is 0 Å². The van der Waals surface area contributed by atoms with Gasteiger partial charge < -0.3 is 16.0 Å². The zero-order valence-electron chi connectivity index (χ0n) is 22.6. The molecule has 5 heteroatoms. The van der Waals surface area contributed by atoms with Crippen molar-refractivity contribution in [2.75, 3.05) is 18.8 Å². The Morgan fingerprint density at radius 3 is 2.32 bits per heavy atom. The molecule has 5 nitrogen and oxygen atoms in total. The van der Waals surface area contributed by atoms with Crippen LogP contribution in [0.4, 0.5) is 5.69 Å². The van der Waals surface area contributed by atoms with Crippen LogP contribution in [0.5, 0.6) is 0 Å². The summed E-state index contributed by atoms with van der Waals surface area (Å²) in [5.74, 6) is -0.174. The van der Waals surface area contributed by atoms with E-state index in [0.29, 0.717) is 18.8 Å². The van der Waals surface area contributed by atoms with Crippen molar-refractivity contribution >= 4 is 61.9 Å². The van der Waals surface area contributed by atoms with Gasteiger partial charge in [0, 0.05) is 40.3 Å². The Morgan fingerprint density at radius 2 is 1.54 bits per heavy atom. The van der Waals surface area contributed by atoms with Crippen LogP contribution in [-0.2, 0) is 4.79 Å². The fraction of sp³-hybridized carbons (Fsp3) is 0.0556. The van der Waals surface area contributed by atoms with E-state index in [-0.39, 0.29) is 5.91 Å². The second kappa shape index (κ2) is 11.4. The Balaban J connectivity index is 1.38. The molecule has 0 atom stereocenters. The number of hydrogen-bond acceptors (Lipinski definition) is 3. The van der Waals surface area contributed by atoms with E-state index in [4.69, 9.17) is 10.7 Å². The first-order valence-corrected chi connectivity index (χ1v) is 13.6. The molecule has 1 heterocycles. The quantitative estimate of drug-likeness (QED) is 0.0626. The van der Waals surface area contributed by atoms with Gasteiger partial charge in [0.25, 0.3) is 0 Å². The molecular weight excluding hydrogens is 504 g/mol. The largest absolute Gasteiger partial charge is 0.399 e. The molecule has 0 fully saturated rings. The van der Waals surface area contributed by atoms with E-state index in [2.05, 4.69) is 83.6 Å². The average molecular weight is 535 g/mol. The van der Waals surface area contributed by atoms with E-state index >= 15 is 0 Å². The van der Waals surface area contributed by atoms with Crippen molar-refractivity contribution < 1.29 is 4.79 Å². The monoisotopic (exact) mass is 534 g/mol. The third kappa shape index (κ3) is 5.25. The van der Waals surface area contributed by atoms with Gasteiger partial charge in [-0.3, -0.25) is 9.79 Å². The van der Waals surface area contributed by atoms with E-state index < -0.39 is 0 Å². The van der Waals surface area contributed by atoms with Gasteiger partial charge >= 0.3 is 0 Å². The predicted molar refractivity (Wildman–Crippen MR) is 173 cm³/mol. The number of nitrogens with one attached hydrogen (secondary N) is 2. The summed E-state index contributed by atoms with van der Waals surface area (Å²) in [6, 6.07) is 34.7. The summed E-state index contributed by atoms with van der Waals surface area (Å²) < 4.78 is 0. The van der Waals surface area contributed by atoms with E-state index in [0.717, 1.165) is 49.8 Å². The third-order valence-corrected chi connectivity index (χ3v) is 7.25. The van der Waals surface area contributed by atoms with Gasteiger partial charge in [0.15, 0.2) is 0 Å². The molecule has 0 bridgehead atoms. The van der Waals surface area contributed by atoms with Crippen molar-refractivity contribution in [2.45, 2.75) is 0 Å².